The fourth-order valence-corrected chi connectivity index (χ4v) is 3.77. The van der Waals surface area contributed by atoms with Crippen LogP contribution >= 0.6 is 0 Å². The number of hydrogen-bond acceptors (Lipinski definition) is 6. The van der Waals surface area contributed by atoms with Crippen LogP contribution in [-0.4, -0.2) is 30.3 Å². The maximum absolute atomic E-state index is 13.3. The van der Waals surface area contributed by atoms with Crippen molar-refractivity contribution in [2.75, 3.05) is 13.7 Å². The Kier molecular flexibility index (Phi) is 4.74. The van der Waals surface area contributed by atoms with Gasteiger partial charge in [0.2, 0.25) is 6.54 Å². The third-order valence-electron chi connectivity index (χ3n) is 5.05. The molecular weight excluding hydrogens is 348 g/mol. The fourth-order valence-electron chi connectivity index (χ4n) is 3.77. The van der Waals surface area contributed by atoms with Crippen LogP contribution in [0.1, 0.15) is 33.0 Å². The number of hydrogen-bond donors (Lipinski definition) is 0. The number of carbonyl (C=O) groups excluding carboxylic acids is 2. The third kappa shape index (κ3) is 2.95. The molecule has 1 aliphatic rings. The predicted octanol–water partition coefficient (Wildman–Crippen LogP) is 2.52. The molecule has 0 N–H and O–H groups in total. The van der Waals surface area contributed by atoms with Gasteiger partial charge < -0.3 is 4.74 Å². The molecule has 0 fully saturated rings. The summed E-state index contributed by atoms with van der Waals surface area (Å²) in [5.74, 6) is -2.28. The molecule has 0 saturated heterocycles. The minimum absolute atomic E-state index is 0.0349. The number of carbonyl (C=O) groups is 2. The summed E-state index contributed by atoms with van der Waals surface area (Å²) in [5, 5.41) is 20.4. The molecule has 2 aromatic rings. The SMILES string of the molecule is COC(=O)[C@]1([C@H](C[N+](=O)[O-])c2ccc(C#N)cc2)Cc2ccccc2C1=O. The van der Waals surface area contributed by atoms with Crippen molar-refractivity contribution in [3.63, 3.8) is 0 Å². The second-order valence-corrected chi connectivity index (χ2v) is 6.43. The summed E-state index contributed by atoms with van der Waals surface area (Å²) in [4.78, 5) is 36.9. The smallest absolute Gasteiger partial charge is 0.320 e. The van der Waals surface area contributed by atoms with Gasteiger partial charge in [0.1, 0.15) is 5.41 Å². The lowest BCUT2D eigenvalue weighted by atomic mass is 9.69. The van der Waals surface area contributed by atoms with Crippen molar-refractivity contribution >= 4 is 11.8 Å². The van der Waals surface area contributed by atoms with Crippen LogP contribution < -0.4 is 0 Å². The number of ketones is 1. The van der Waals surface area contributed by atoms with Crippen LogP contribution in [0.5, 0.6) is 0 Å². The molecule has 3 rings (SSSR count). The minimum atomic E-state index is -1.71. The van der Waals surface area contributed by atoms with E-state index in [-0.39, 0.29) is 6.42 Å². The van der Waals surface area contributed by atoms with Crippen LogP contribution in [0.15, 0.2) is 48.5 Å². The summed E-state index contributed by atoms with van der Waals surface area (Å²) >= 11 is 0. The molecule has 0 radical (unpaired) electrons. The largest absolute Gasteiger partial charge is 0.468 e. The average molecular weight is 364 g/mol. The molecule has 0 aliphatic heterocycles. The van der Waals surface area contributed by atoms with Crippen molar-refractivity contribution in [3.05, 3.63) is 80.9 Å². The van der Waals surface area contributed by atoms with Gasteiger partial charge >= 0.3 is 5.97 Å². The van der Waals surface area contributed by atoms with Gasteiger partial charge in [0.25, 0.3) is 0 Å². The molecule has 0 bridgehead atoms. The number of nitro groups is 1. The first-order valence-electron chi connectivity index (χ1n) is 8.27. The standard InChI is InChI=1S/C20H16N2O5/c1-27-19(24)20(10-15-4-2-3-5-16(15)18(20)23)17(12-22(25)26)14-8-6-13(11-21)7-9-14/h2-9,17H,10,12H2,1H3/t17-,20+/m1/s1. The van der Waals surface area contributed by atoms with E-state index in [0.717, 1.165) is 0 Å². The van der Waals surface area contributed by atoms with Crippen LogP contribution in [0.4, 0.5) is 0 Å². The first-order valence-corrected chi connectivity index (χ1v) is 8.27. The van der Waals surface area contributed by atoms with Crippen molar-refractivity contribution in [3.8, 4) is 6.07 Å². The number of nitrogens with zero attached hydrogens (tertiary/aromatic N) is 2. The minimum Gasteiger partial charge on any atom is -0.468 e. The first-order chi connectivity index (χ1) is 12.9. The number of nitriles is 1. The lowest BCUT2D eigenvalue weighted by Crippen LogP contribution is -2.46. The van der Waals surface area contributed by atoms with Crippen molar-refractivity contribution in [1.29, 1.82) is 5.26 Å². The van der Waals surface area contributed by atoms with E-state index in [4.69, 9.17) is 10.00 Å². The highest BCUT2D eigenvalue weighted by Crippen LogP contribution is 2.48. The second-order valence-electron chi connectivity index (χ2n) is 6.43. The number of benzene rings is 2. The zero-order chi connectivity index (χ0) is 19.6. The predicted molar refractivity (Wildman–Crippen MR) is 94.7 cm³/mol. The molecule has 7 heteroatoms. The van der Waals surface area contributed by atoms with Gasteiger partial charge in [-0.2, -0.15) is 5.26 Å². The van der Waals surface area contributed by atoms with Gasteiger partial charge in [-0.1, -0.05) is 36.4 Å². The molecule has 0 amide bonds. The second kappa shape index (κ2) is 7.00. The average Bonchev–Trinajstić information content (AvgIpc) is 2.99. The summed E-state index contributed by atoms with van der Waals surface area (Å²) < 4.78 is 4.93. The van der Waals surface area contributed by atoms with E-state index < -0.39 is 34.6 Å². The number of fused-ring (bicyclic) bond motifs is 1. The van der Waals surface area contributed by atoms with Crippen LogP contribution in [0.3, 0.4) is 0 Å². The highest BCUT2D eigenvalue weighted by atomic mass is 16.6. The summed E-state index contributed by atoms with van der Waals surface area (Å²) in [6.45, 7) is -0.610. The van der Waals surface area contributed by atoms with Crippen molar-refractivity contribution in [1.82, 2.24) is 0 Å². The van der Waals surface area contributed by atoms with E-state index in [1.165, 1.54) is 19.2 Å². The van der Waals surface area contributed by atoms with Crippen molar-refractivity contribution < 1.29 is 19.2 Å². The van der Waals surface area contributed by atoms with Crippen LogP contribution in [0, 0.1) is 26.9 Å². The Balaban J connectivity index is 2.19. The summed E-state index contributed by atoms with van der Waals surface area (Å²) in [5.41, 5.74) is 0.156. The highest BCUT2D eigenvalue weighted by Gasteiger charge is 2.59. The molecular formula is C20H16N2O5. The Hall–Kier alpha value is -3.53. The maximum atomic E-state index is 13.3. The summed E-state index contributed by atoms with van der Waals surface area (Å²) in [7, 11) is 1.17. The number of esters is 1. The number of methoxy groups -OCH3 is 1. The molecule has 1 aliphatic carbocycles. The third-order valence-corrected chi connectivity index (χ3v) is 5.05. The number of ether oxygens (including phenoxy) is 1. The molecule has 0 unspecified atom stereocenters. The molecule has 2 aromatic carbocycles. The number of Topliss-reactive ketones (excluding diaryl/α,β-unsaturated/α-hetero) is 1. The van der Waals surface area contributed by atoms with E-state index >= 15 is 0 Å². The monoisotopic (exact) mass is 364 g/mol. The zero-order valence-electron chi connectivity index (χ0n) is 14.5. The molecule has 0 spiro atoms. The highest BCUT2D eigenvalue weighted by molar-refractivity contribution is 6.16. The van der Waals surface area contributed by atoms with E-state index in [1.807, 2.05) is 6.07 Å². The van der Waals surface area contributed by atoms with Gasteiger partial charge in [-0.3, -0.25) is 19.7 Å². The Morgan fingerprint density at radius 1 is 1.30 bits per heavy atom. The summed E-state index contributed by atoms with van der Waals surface area (Å²) in [6, 6.07) is 14.9. The first kappa shape index (κ1) is 18.3. The fraction of sp³-hybridized carbons (Fsp3) is 0.250. The van der Waals surface area contributed by atoms with Gasteiger partial charge in [-0.05, 0) is 29.7 Å². The Bertz CT molecular complexity index is 961. The zero-order valence-corrected chi connectivity index (χ0v) is 14.5. The van der Waals surface area contributed by atoms with E-state index in [9.17, 15) is 19.7 Å². The van der Waals surface area contributed by atoms with Gasteiger partial charge in [0.05, 0.1) is 24.7 Å². The van der Waals surface area contributed by atoms with Crippen LogP contribution in [0.2, 0.25) is 0 Å². The summed E-state index contributed by atoms with van der Waals surface area (Å²) in [6.07, 6.45) is 0.0349. The molecule has 136 valence electrons. The van der Waals surface area contributed by atoms with E-state index in [1.54, 1.807) is 36.4 Å². The van der Waals surface area contributed by atoms with Crippen LogP contribution in [0.25, 0.3) is 0 Å². The molecule has 7 nitrogen and oxygen atoms in total. The molecule has 2 atom stereocenters. The van der Waals surface area contributed by atoms with Crippen molar-refractivity contribution in [2.45, 2.75) is 12.3 Å². The topological polar surface area (TPSA) is 110 Å². The number of rotatable bonds is 5. The van der Waals surface area contributed by atoms with E-state index in [2.05, 4.69) is 0 Å². The maximum Gasteiger partial charge on any atom is 0.320 e. The van der Waals surface area contributed by atoms with E-state index in [0.29, 0.717) is 22.3 Å². The lowest BCUT2D eigenvalue weighted by molar-refractivity contribution is -0.485. The lowest BCUT2D eigenvalue weighted by Gasteiger charge is -2.31. The Morgan fingerprint density at radius 3 is 2.52 bits per heavy atom. The van der Waals surface area contributed by atoms with Gasteiger partial charge in [0.15, 0.2) is 5.78 Å². The van der Waals surface area contributed by atoms with Gasteiger partial charge in [0, 0.05) is 10.5 Å². The Labute approximate surface area is 155 Å². The normalized spacial score (nSPS) is 19.0. The molecule has 0 saturated carbocycles. The molecule has 0 aromatic heterocycles. The van der Waals surface area contributed by atoms with Gasteiger partial charge in [-0.15, -0.1) is 0 Å². The quantitative estimate of drug-likeness (QED) is 0.349. The van der Waals surface area contributed by atoms with Crippen molar-refractivity contribution in [2.24, 2.45) is 5.41 Å². The Morgan fingerprint density at radius 2 is 1.96 bits per heavy atom. The van der Waals surface area contributed by atoms with Crippen LogP contribution in [-0.2, 0) is 16.0 Å². The molecule has 27 heavy (non-hydrogen) atoms. The molecule has 0 heterocycles. The van der Waals surface area contributed by atoms with Gasteiger partial charge in [-0.25, -0.2) is 0 Å².